The molecular weight excluding hydrogens is 380 g/mol. The number of amides is 2. The van der Waals surface area contributed by atoms with Crippen molar-refractivity contribution in [1.82, 2.24) is 10.2 Å². The summed E-state index contributed by atoms with van der Waals surface area (Å²) >= 11 is 0. The Kier molecular flexibility index (Phi) is 7.85. The van der Waals surface area contributed by atoms with Gasteiger partial charge in [0.1, 0.15) is 11.9 Å². The minimum atomic E-state index is -0.144. The molecule has 1 unspecified atom stereocenters. The first-order valence-corrected chi connectivity index (χ1v) is 10.5. The van der Waals surface area contributed by atoms with Gasteiger partial charge >= 0.3 is 0 Å². The summed E-state index contributed by atoms with van der Waals surface area (Å²) in [6.45, 7) is 6.10. The molecule has 0 aromatic heterocycles. The number of nitrogens with zero attached hydrogens (tertiary/aromatic N) is 1. The third kappa shape index (κ3) is 6.32. The second kappa shape index (κ2) is 10.8. The molecule has 1 aliphatic heterocycles. The molecule has 160 valence electrons. The zero-order valence-electron chi connectivity index (χ0n) is 17.7. The van der Waals surface area contributed by atoms with Gasteiger partial charge in [0.05, 0.1) is 19.3 Å². The number of rotatable bonds is 8. The molecule has 2 amide bonds. The topological polar surface area (TPSA) is 67.9 Å². The van der Waals surface area contributed by atoms with E-state index in [1.54, 1.807) is 24.3 Å². The highest BCUT2D eigenvalue weighted by Gasteiger charge is 2.24. The predicted octanol–water partition coefficient (Wildman–Crippen LogP) is 3.58. The van der Waals surface area contributed by atoms with E-state index in [0.717, 1.165) is 11.3 Å². The number of benzene rings is 2. The van der Waals surface area contributed by atoms with Gasteiger partial charge in [0.25, 0.3) is 5.91 Å². The normalized spacial score (nSPS) is 16.4. The van der Waals surface area contributed by atoms with E-state index in [0.29, 0.717) is 44.6 Å². The van der Waals surface area contributed by atoms with Crippen molar-refractivity contribution in [3.05, 3.63) is 65.7 Å². The van der Waals surface area contributed by atoms with Crippen molar-refractivity contribution in [3.8, 4) is 5.75 Å². The molecule has 0 spiro atoms. The van der Waals surface area contributed by atoms with Crippen molar-refractivity contribution in [2.75, 3.05) is 26.2 Å². The average molecular weight is 411 g/mol. The van der Waals surface area contributed by atoms with Gasteiger partial charge < -0.3 is 19.7 Å². The zero-order valence-corrected chi connectivity index (χ0v) is 17.7. The molecule has 1 fully saturated rings. The Labute approximate surface area is 178 Å². The van der Waals surface area contributed by atoms with Crippen LogP contribution in [0.1, 0.15) is 48.7 Å². The molecule has 1 heterocycles. The second-order valence-electron chi connectivity index (χ2n) is 7.66. The molecule has 0 aliphatic carbocycles. The van der Waals surface area contributed by atoms with E-state index in [1.165, 1.54) is 0 Å². The third-order valence-electron chi connectivity index (χ3n) is 4.93. The molecule has 6 nitrogen and oxygen atoms in total. The molecule has 1 atom stereocenters. The van der Waals surface area contributed by atoms with Crippen molar-refractivity contribution < 1.29 is 19.1 Å². The first kappa shape index (κ1) is 21.8. The van der Waals surface area contributed by atoms with E-state index in [4.69, 9.17) is 9.47 Å². The number of hydrogen-bond acceptors (Lipinski definition) is 4. The second-order valence-corrected chi connectivity index (χ2v) is 7.66. The Morgan fingerprint density at radius 2 is 1.87 bits per heavy atom. The molecule has 0 radical (unpaired) electrons. The van der Waals surface area contributed by atoms with Gasteiger partial charge in [0, 0.05) is 25.1 Å². The molecule has 2 aromatic rings. The van der Waals surface area contributed by atoms with Crippen molar-refractivity contribution >= 4 is 11.8 Å². The number of carbonyl (C=O) groups excluding carboxylic acids is 2. The van der Waals surface area contributed by atoms with Crippen molar-refractivity contribution in [3.63, 3.8) is 0 Å². The van der Waals surface area contributed by atoms with Crippen LogP contribution in [-0.4, -0.2) is 49.1 Å². The molecule has 2 aromatic carbocycles. The van der Waals surface area contributed by atoms with Gasteiger partial charge in [0.15, 0.2) is 0 Å². The third-order valence-corrected chi connectivity index (χ3v) is 4.93. The van der Waals surface area contributed by atoms with Gasteiger partial charge in [-0.25, -0.2) is 0 Å². The lowest BCUT2D eigenvalue weighted by Crippen LogP contribution is -2.42. The molecule has 0 bridgehead atoms. The van der Waals surface area contributed by atoms with E-state index in [1.807, 2.05) is 49.1 Å². The summed E-state index contributed by atoms with van der Waals surface area (Å²) in [7, 11) is 0. The fourth-order valence-corrected chi connectivity index (χ4v) is 3.40. The standard InChI is InChI=1S/C24H30N2O4/c1-18(2)30-21-12-10-20(11-13-21)24(28)25-14-6-9-23(27)26-15-16-29-22(17-26)19-7-4-3-5-8-19/h3-5,7-8,10-13,18,22H,6,9,14-17H2,1-2H3,(H,25,28). The SMILES string of the molecule is CC(C)Oc1ccc(C(=O)NCCCC(=O)N2CCOC(c3ccccc3)C2)cc1. The van der Waals surface area contributed by atoms with Crippen LogP contribution >= 0.6 is 0 Å². The van der Waals surface area contributed by atoms with Crippen LogP contribution in [0.25, 0.3) is 0 Å². The van der Waals surface area contributed by atoms with Crippen molar-refractivity contribution in [2.45, 2.75) is 38.9 Å². The molecule has 1 saturated heterocycles. The van der Waals surface area contributed by atoms with Crippen molar-refractivity contribution in [1.29, 1.82) is 0 Å². The van der Waals surface area contributed by atoms with Crippen LogP contribution in [0.2, 0.25) is 0 Å². The van der Waals surface area contributed by atoms with E-state index in [-0.39, 0.29) is 24.0 Å². The summed E-state index contributed by atoms with van der Waals surface area (Å²) in [5.41, 5.74) is 1.67. The fourth-order valence-electron chi connectivity index (χ4n) is 3.40. The number of morpholine rings is 1. The van der Waals surface area contributed by atoms with E-state index < -0.39 is 0 Å². The Morgan fingerprint density at radius 1 is 1.13 bits per heavy atom. The van der Waals surface area contributed by atoms with Crippen LogP contribution in [0.4, 0.5) is 0 Å². The number of nitrogens with one attached hydrogen (secondary N) is 1. The lowest BCUT2D eigenvalue weighted by Gasteiger charge is -2.33. The predicted molar refractivity (Wildman–Crippen MR) is 115 cm³/mol. The van der Waals surface area contributed by atoms with Crippen LogP contribution in [0.15, 0.2) is 54.6 Å². The van der Waals surface area contributed by atoms with E-state index >= 15 is 0 Å². The number of carbonyl (C=O) groups is 2. The van der Waals surface area contributed by atoms with Gasteiger partial charge in [0.2, 0.25) is 5.91 Å². The summed E-state index contributed by atoms with van der Waals surface area (Å²) in [5, 5.41) is 2.88. The van der Waals surface area contributed by atoms with Crippen LogP contribution in [0, 0.1) is 0 Å². The van der Waals surface area contributed by atoms with Crippen LogP contribution in [0.5, 0.6) is 5.75 Å². The Bertz CT molecular complexity index is 821. The average Bonchev–Trinajstić information content (AvgIpc) is 2.77. The Hall–Kier alpha value is -2.86. The Balaban J connectivity index is 1.39. The van der Waals surface area contributed by atoms with Gasteiger partial charge in [-0.05, 0) is 50.1 Å². The van der Waals surface area contributed by atoms with Gasteiger partial charge in [-0.15, -0.1) is 0 Å². The lowest BCUT2D eigenvalue weighted by atomic mass is 10.1. The maximum absolute atomic E-state index is 12.6. The fraction of sp³-hybridized carbons (Fsp3) is 0.417. The summed E-state index contributed by atoms with van der Waals surface area (Å²) in [4.78, 5) is 26.7. The summed E-state index contributed by atoms with van der Waals surface area (Å²) in [6.07, 6.45) is 1.03. The maximum Gasteiger partial charge on any atom is 0.251 e. The molecule has 6 heteroatoms. The highest BCUT2D eigenvalue weighted by molar-refractivity contribution is 5.94. The highest BCUT2D eigenvalue weighted by Crippen LogP contribution is 2.22. The van der Waals surface area contributed by atoms with Crippen molar-refractivity contribution in [2.24, 2.45) is 0 Å². The summed E-state index contributed by atoms with van der Waals surface area (Å²) < 4.78 is 11.4. The molecule has 0 saturated carbocycles. The minimum Gasteiger partial charge on any atom is -0.491 e. The zero-order chi connectivity index (χ0) is 21.3. The molecule has 1 aliphatic rings. The molecule has 3 rings (SSSR count). The molecule has 30 heavy (non-hydrogen) atoms. The molecular formula is C24H30N2O4. The van der Waals surface area contributed by atoms with Gasteiger partial charge in [-0.2, -0.15) is 0 Å². The van der Waals surface area contributed by atoms with E-state index in [9.17, 15) is 9.59 Å². The summed E-state index contributed by atoms with van der Waals surface area (Å²) in [6, 6.07) is 17.0. The number of ether oxygens (including phenoxy) is 2. The lowest BCUT2D eigenvalue weighted by molar-refractivity contribution is -0.139. The maximum atomic E-state index is 12.6. The van der Waals surface area contributed by atoms with Crippen LogP contribution in [0.3, 0.4) is 0 Å². The minimum absolute atomic E-state index is 0.0775. The first-order chi connectivity index (χ1) is 14.5. The Morgan fingerprint density at radius 3 is 2.57 bits per heavy atom. The van der Waals surface area contributed by atoms with Gasteiger partial charge in [-0.3, -0.25) is 9.59 Å². The highest BCUT2D eigenvalue weighted by atomic mass is 16.5. The van der Waals surface area contributed by atoms with Crippen LogP contribution < -0.4 is 10.1 Å². The monoisotopic (exact) mass is 410 g/mol. The number of hydrogen-bond donors (Lipinski definition) is 1. The molecule has 1 N–H and O–H groups in total. The quantitative estimate of drug-likeness (QED) is 0.676. The van der Waals surface area contributed by atoms with Gasteiger partial charge in [-0.1, -0.05) is 30.3 Å². The largest absolute Gasteiger partial charge is 0.491 e. The summed E-state index contributed by atoms with van der Waals surface area (Å²) in [5.74, 6) is 0.698. The van der Waals surface area contributed by atoms with Crippen LogP contribution in [-0.2, 0) is 9.53 Å². The smallest absolute Gasteiger partial charge is 0.251 e. The first-order valence-electron chi connectivity index (χ1n) is 10.5. The van der Waals surface area contributed by atoms with E-state index in [2.05, 4.69) is 5.32 Å².